The quantitative estimate of drug-likeness (QED) is 0.776. The van der Waals surface area contributed by atoms with Gasteiger partial charge in [0, 0.05) is 12.3 Å². The molecular weight excluding hydrogens is 315 g/mol. The molecule has 0 aliphatic carbocycles. The van der Waals surface area contributed by atoms with Crippen LogP contribution < -0.4 is 4.72 Å². The van der Waals surface area contributed by atoms with E-state index in [-0.39, 0.29) is 12.3 Å². The monoisotopic (exact) mass is 329 g/mol. The zero-order valence-electron chi connectivity index (χ0n) is 10.8. The van der Waals surface area contributed by atoms with E-state index in [1.54, 1.807) is 6.26 Å². The Hall–Kier alpha value is -0.770. The Morgan fingerprint density at radius 2 is 1.90 bits per heavy atom. The molecule has 0 aliphatic heterocycles. The molecule has 4 nitrogen and oxygen atoms in total. The first-order valence-corrected chi connectivity index (χ1v) is 8.33. The second-order valence-electron chi connectivity index (χ2n) is 4.43. The molecule has 0 fully saturated rings. The summed E-state index contributed by atoms with van der Waals surface area (Å²) in [6, 6.07) is 1.15. The van der Waals surface area contributed by atoms with Gasteiger partial charge in [-0.25, -0.2) is 26.3 Å². The Labute approximate surface area is 119 Å². The fourth-order valence-electron chi connectivity index (χ4n) is 1.41. The van der Waals surface area contributed by atoms with Crippen LogP contribution in [0.15, 0.2) is 17.0 Å². The summed E-state index contributed by atoms with van der Waals surface area (Å²) in [5, 5.41) is 9.82. The number of nitrogens with one attached hydrogen (secondary N) is 1. The summed E-state index contributed by atoms with van der Waals surface area (Å²) < 4.78 is 64.8. The van der Waals surface area contributed by atoms with E-state index < -0.39 is 38.0 Å². The van der Waals surface area contributed by atoms with Gasteiger partial charge in [0.1, 0.15) is 4.90 Å². The lowest BCUT2D eigenvalue weighted by atomic mass is 10.1. The van der Waals surface area contributed by atoms with Crippen LogP contribution in [0.25, 0.3) is 0 Å². The van der Waals surface area contributed by atoms with Crippen molar-refractivity contribution in [2.75, 3.05) is 18.6 Å². The zero-order chi connectivity index (χ0) is 15.6. The summed E-state index contributed by atoms with van der Waals surface area (Å²) in [5.41, 5.74) is -1.35. The summed E-state index contributed by atoms with van der Waals surface area (Å²) in [5.74, 6) is -4.88. The molecule has 114 valence electrons. The number of hydrogen-bond donors (Lipinski definition) is 2. The highest BCUT2D eigenvalue weighted by Crippen LogP contribution is 2.20. The van der Waals surface area contributed by atoms with Crippen molar-refractivity contribution in [3.05, 3.63) is 29.6 Å². The SMILES string of the molecule is CSCC(C)(O)CNS(=O)(=O)c1ccc(F)c(F)c1F. The molecule has 0 aliphatic rings. The van der Waals surface area contributed by atoms with Crippen LogP contribution in [0.2, 0.25) is 0 Å². The van der Waals surface area contributed by atoms with Crippen LogP contribution in [0.5, 0.6) is 0 Å². The molecule has 0 saturated heterocycles. The fraction of sp³-hybridized carbons (Fsp3) is 0.455. The normalized spacial score (nSPS) is 15.1. The topological polar surface area (TPSA) is 66.4 Å². The molecule has 0 saturated carbocycles. The van der Waals surface area contributed by atoms with E-state index in [4.69, 9.17) is 0 Å². The minimum Gasteiger partial charge on any atom is -0.388 e. The maximum atomic E-state index is 13.4. The molecule has 0 aromatic heterocycles. The molecule has 0 radical (unpaired) electrons. The first-order chi connectivity index (χ1) is 9.10. The number of thioether (sulfide) groups is 1. The lowest BCUT2D eigenvalue weighted by Crippen LogP contribution is -2.42. The van der Waals surface area contributed by atoms with Crippen molar-refractivity contribution >= 4 is 21.8 Å². The van der Waals surface area contributed by atoms with Crippen LogP contribution in [0.4, 0.5) is 13.2 Å². The minimum atomic E-state index is -4.38. The Kier molecular flexibility index (Phi) is 5.47. The van der Waals surface area contributed by atoms with E-state index in [1.165, 1.54) is 18.7 Å². The summed E-state index contributed by atoms with van der Waals surface area (Å²) in [6.07, 6.45) is 1.72. The van der Waals surface area contributed by atoms with E-state index in [1.807, 2.05) is 4.72 Å². The lowest BCUT2D eigenvalue weighted by Gasteiger charge is -2.22. The van der Waals surface area contributed by atoms with Gasteiger partial charge in [-0.2, -0.15) is 11.8 Å². The smallest absolute Gasteiger partial charge is 0.243 e. The Balaban J connectivity index is 2.99. The highest BCUT2D eigenvalue weighted by atomic mass is 32.2. The average molecular weight is 329 g/mol. The van der Waals surface area contributed by atoms with Crippen molar-refractivity contribution in [3.63, 3.8) is 0 Å². The maximum absolute atomic E-state index is 13.4. The highest BCUT2D eigenvalue weighted by Gasteiger charge is 2.27. The van der Waals surface area contributed by atoms with Crippen molar-refractivity contribution in [2.24, 2.45) is 0 Å². The lowest BCUT2D eigenvalue weighted by molar-refractivity contribution is 0.0908. The standard InChI is InChI=1S/C11H14F3NO3S2/c1-11(16,6-19-2)5-15-20(17,18)8-4-3-7(12)9(13)10(8)14/h3-4,15-16H,5-6H2,1-2H3. The van der Waals surface area contributed by atoms with Crippen molar-refractivity contribution in [2.45, 2.75) is 17.4 Å². The van der Waals surface area contributed by atoms with Crippen LogP contribution in [0.3, 0.4) is 0 Å². The van der Waals surface area contributed by atoms with Gasteiger partial charge in [0.25, 0.3) is 0 Å². The second kappa shape index (κ2) is 6.33. The van der Waals surface area contributed by atoms with Gasteiger partial charge in [-0.3, -0.25) is 0 Å². The number of rotatable bonds is 6. The van der Waals surface area contributed by atoms with Crippen molar-refractivity contribution in [3.8, 4) is 0 Å². The van der Waals surface area contributed by atoms with E-state index in [0.29, 0.717) is 12.1 Å². The fourth-order valence-corrected chi connectivity index (χ4v) is 3.36. The third-order valence-corrected chi connectivity index (χ3v) is 4.72. The van der Waals surface area contributed by atoms with E-state index in [9.17, 15) is 26.7 Å². The minimum absolute atomic E-state index is 0.246. The molecule has 1 aromatic rings. The predicted octanol–water partition coefficient (Wildman–Crippen LogP) is 1.50. The number of aliphatic hydroxyl groups is 1. The summed E-state index contributed by atoms with van der Waals surface area (Å²) in [7, 11) is -4.38. The van der Waals surface area contributed by atoms with Gasteiger partial charge < -0.3 is 5.11 Å². The van der Waals surface area contributed by atoms with Gasteiger partial charge in [0.05, 0.1) is 5.60 Å². The molecule has 9 heteroatoms. The Morgan fingerprint density at radius 3 is 2.45 bits per heavy atom. The summed E-state index contributed by atoms with van der Waals surface area (Å²) in [6.45, 7) is 1.02. The number of benzene rings is 1. The molecule has 0 spiro atoms. The third kappa shape index (κ3) is 4.11. The zero-order valence-corrected chi connectivity index (χ0v) is 12.4. The second-order valence-corrected chi connectivity index (χ2v) is 7.03. The van der Waals surface area contributed by atoms with E-state index >= 15 is 0 Å². The molecule has 1 aromatic carbocycles. The van der Waals surface area contributed by atoms with Crippen molar-refractivity contribution in [1.29, 1.82) is 0 Å². The molecule has 1 unspecified atom stereocenters. The summed E-state index contributed by atoms with van der Waals surface area (Å²) >= 11 is 1.29. The third-order valence-electron chi connectivity index (χ3n) is 2.39. The van der Waals surface area contributed by atoms with Crippen LogP contribution >= 0.6 is 11.8 Å². The molecule has 20 heavy (non-hydrogen) atoms. The predicted molar refractivity (Wildman–Crippen MR) is 70.5 cm³/mol. The Morgan fingerprint density at radius 1 is 1.30 bits per heavy atom. The average Bonchev–Trinajstić information content (AvgIpc) is 2.34. The van der Waals surface area contributed by atoms with Gasteiger partial charge in [0.2, 0.25) is 10.0 Å². The number of sulfonamides is 1. The van der Waals surface area contributed by atoms with E-state index in [0.717, 1.165) is 0 Å². The summed E-state index contributed by atoms with van der Waals surface area (Å²) in [4.78, 5) is -1.00. The van der Waals surface area contributed by atoms with Gasteiger partial charge >= 0.3 is 0 Å². The molecule has 2 N–H and O–H groups in total. The van der Waals surface area contributed by atoms with Gasteiger partial charge in [-0.05, 0) is 25.3 Å². The first kappa shape index (κ1) is 17.3. The largest absolute Gasteiger partial charge is 0.388 e. The van der Waals surface area contributed by atoms with Gasteiger partial charge in [0.15, 0.2) is 17.5 Å². The molecule has 1 rings (SSSR count). The van der Waals surface area contributed by atoms with Crippen molar-refractivity contribution in [1.82, 2.24) is 4.72 Å². The molecule has 0 heterocycles. The van der Waals surface area contributed by atoms with Crippen LogP contribution in [0.1, 0.15) is 6.92 Å². The molecule has 1 atom stereocenters. The number of halogens is 3. The van der Waals surface area contributed by atoms with Gasteiger partial charge in [-0.1, -0.05) is 0 Å². The van der Waals surface area contributed by atoms with Crippen LogP contribution in [-0.4, -0.2) is 37.7 Å². The number of hydrogen-bond acceptors (Lipinski definition) is 4. The first-order valence-electron chi connectivity index (χ1n) is 5.45. The molecular formula is C11H14F3NO3S2. The maximum Gasteiger partial charge on any atom is 0.243 e. The Bertz CT molecular complexity index is 591. The molecule has 0 amide bonds. The molecule has 0 bridgehead atoms. The van der Waals surface area contributed by atoms with Crippen LogP contribution in [-0.2, 0) is 10.0 Å². The van der Waals surface area contributed by atoms with E-state index in [2.05, 4.69) is 0 Å². The van der Waals surface area contributed by atoms with Crippen LogP contribution in [0, 0.1) is 17.5 Å². The van der Waals surface area contributed by atoms with Gasteiger partial charge in [-0.15, -0.1) is 0 Å². The highest BCUT2D eigenvalue weighted by molar-refractivity contribution is 7.98. The van der Waals surface area contributed by atoms with Crippen molar-refractivity contribution < 1.29 is 26.7 Å².